The third-order valence-electron chi connectivity index (χ3n) is 3.72. The second-order valence-electron chi connectivity index (χ2n) is 5.17. The third kappa shape index (κ3) is 2.69. The largest absolute Gasteiger partial charge is 0.384 e. The van der Waals surface area contributed by atoms with E-state index < -0.39 is 0 Å². The Morgan fingerprint density at radius 2 is 2.00 bits per heavy atom. The minimum atomic E-state index is 0.614. The number of hydrogen-bond donors (Lipinski definition) is 1. The molecular formula is C13H20N4. The predicted octanol–water partition coefficient (Wildman–Crippen LogP) is 1.20. The molecule has 0 unspecified atom stereocenters. The molecule has 2 fully saturated rings. The van der Waals surface area contributed by atoms with Gasteiger partial charge in [-0.2, -0.15) is 0 Å². The fraction of sp³-hybridized carbons (Fsp3) is 0.615. The van der Waals surface area contributed by atoms with Gasteiger partial charge in [0.25, 0.3) is 0 Å². The number of pyridine rings is 1. The topological polar surface area (TPSA) is 45.4 Å². The maximum absolute atomic E-state index is 5.72. The monoisotopic (exact) mass is 232 g/mol. The highest BCUT2D eigenvalue weighted by Crippen LogP contribution is 2.30. The van der Waals surface area contributed by atoms with Gasteiger partial charge in [0, 0.05) is 50.7 Å². The van der Waals surface area contributed by atoms with Crippen LogP contribution in [0.15, 0.2) is 18.3 Å². The van der Waals surface area contributed by atoms with Gasteiger partial charge in [-0.05, 0) is 24.8 Å². The lowest BCUT2D eigenvalue weighted by Crippen LogP contribution is -2.47. The fourth-order valence-corrected chi connectivity index (χ4v) is 2.49. The molecule has 1 saturated carbocycles. The lowest BCUT2D eigenvalue weighted by molar-refractivity contribution is 0.248. The number of nitrogens with zero attached hydrogens (tertiary/aromatic N) is 3. The number of nitrogen functional groups attached to an aromatic ring is 1. The van der Waals surface area contributed by atoms with Gasteiger partial charge in [0.15, 0.2) is 0 Å². The van der Waals surface area contributed by atoms with E-state index in [1.807, 2.05) is 12.1 Å². The first-order chi connectivity index (χ1) is 8.31. The zero-order valence-corrected chi connectivity index (χ0v) is 10.2. The Kier molecular flexibility index (Phi) is 2.89. The summed E-state index contributed by atoms with van der Waals surface area (Å²) in [4.78, 5) is 9.04. The van der Waals surface area contributed by atoms with Crippen LogP contribution in [0, 0.1) is 5.92 Å². The van der Waals surface area contributed by atoms with Gasteiger partial charge in [-0.1, -0.05) is 0 Å². The van der Waals surface area contributed by atoms with Crippen molar-refractivity contribution >= 4 is 11.5 Å². The Morgan fingerprint density at radius 3 is 2.65 bits per heavy atom. The molecule has 0 bridgehead atoms. The summed E-state index contributed by atoms with van der Waals surface area (Å²) in [7, 11) is 0. The smallest absolute Gasteiger partial charge is 0.125 e. The van der Waals surface area contributed by atoms with Crippen LogP contribution >= 0.6 is 0 Å². The number of aromatic nitrogens is 1. The van der Waals surface area contributed by atoms with Crippen molar-refractivity contribution in [3.63, 3.8) is 0 Å². The second kappa shape index (κ2) is 4.53. The minimum Gasteiger partial charge on any atom is -0.384 e. The van der Waals surface area contributed by atoms with E-state index >= 15 is 0 Å². The lowest BCUT2D eigenvalue weighted by Gasteiger charge is -2.36. The average Bonchev–Trinajstić information content (AvgIpc) is 3.14. The molecule has 1 aromatic rings. The van der Waals surface area contributed by atoms with Crippen LogP contribution in [-0.4, -0.2) is 42.6 Å². The lowest BCUT2D eigenvalue weighted by atomic mass is 10.2. The molecule has 4 heteroatoms. The zero-order chi connectivity index (χ0) is 11.7. The molecule has 3 rings (SSSR count). The Labute approximate surface area is 102 Å². The molecular weight excluding hydrogens is 212 g/mol. The minimum absolute atomic E-state index is 0.614. The average molecular weight is 232 g/mol. The van der Waals surface area contributed by atoms with E-state index in [0.29, 0.717) is 5.82 Å². The van der Waals surface area contributed by atoms with Crippen LogP contribution < -0.4 is 10.6 Å². The Morgan fingerprint density at radius 1 is 1.24 bits per heavy atom. The summed E-state index contributed by atoms with van der Waals surface area (Å²) < 4.78 is 0. The van der Waals surface area contributed by atoms with Crippen molar-refractivity contribution in [3.05, 3.63) is 18.3 Å². The molecule has 0 aromatic carbocycles. The summed E-state index contributed by atoms with van der Waals surface area (Å²) in [6.45, 7) is 5.89. The van der Waals surface area contributed by atoms with Gasteiger partial charge >= 0.3 is 0 Å². The van der Waals surface area contributed by atoms with Crippen LogP contribution in [0.1, 0.15) is 12.8 Å². The molecule has 4 nitrogen and oxygen atoms in total. The van der Waals surface area contributed by atoms with Gasteiger partial charge in [-0.3, -0.25) is 4.90 Å². The van der Waals surface area contributed by atoms with E-state index in [-0.39, 0.29) is 0 Å². The summed E-state index contributed by atoms with van der Waals surface area (Å²) in [6.07, 6.45) is 4.68. The van der Waals surface area contributed by atoms with E-state index in [2.05, 4.69) is 14.8 Å². The highest BCUT2D eigenvalue weighted by molar-refractivity contribution is 5.52. The molecule has 92 valence electrons. The molecule has 0 radical (unpaired) electrons. The SMILES string of the molecule is Nc1cc(N2CCN(CC3CC3)CC2)ccn1. The normalized spacial score (nSPS) is 21.8. The number of anilines is 2. The summed E-state index contributed by atoms with van der Waals surface area (Å²) in [6, 6.07) is 4.02. The second-order valence-corrected chi connectivity index (χ2v) is 5.17. The highest BCUT2D eigenvalue weighted by atomic mass is 15.3. The first-order valence-corrected chi connectivity index (χ1v) is 6.50. The Bertz CT molecular complexity index is 381. The molecule has 2 aliphatic rings. The van der Waals surface area contributed by atoms with Crippen molar-refractivity contribution in [2.24, 2.45) is 5.92 Å². The van der Waals surface area contributed by atoms with Crippen LogP contribution in [0.3, 0.4) is 0 Å². The van der Waals surface area contributed by atoms with Crippen molar-refractivity contribution in [1.29, 1.82) is 0 Å². The molecule has 0 atom stereocenters. The van der Waals surface area contributed by atoms with Gasteiger partial charge < -0.3 is 10.6 Å². The third-order valence-corrected chi connectivity index (χ3v) is 3.72. The summed E-state index contributed by atoms with van der Waals surface area (Å²) in [5.41, 5.74) is 6.93. The number of hydrogen-bond acceptors (Lipinski definition) is 4. The van der Waals surface area contributed by atoms with Gasteiger partial charge in [-0.25, -0.2) is 4.98 Å². The van der Waals surface area contributed by atoms with Crippen molar-refractivity contribution in [3.8, 4) is 0 Å². The fourth-order valence-electron chi connectivity index (χ4n) is 2.49. The summed E-state index contributed by atoms with van der Waals surface area (Å²) in [5.74, 6) is 1.61. The first-order valence-electron chi connectivity index (χ1n) is 6.50. The van der Waals surface area contributed by atoms with E-state index in [9.17, 15) is 0 Å². The van der Waals surface area contributed by atoms with Crippen LogP contribution in [-0.2, 0) is 0 Å². The van der Waals surface area contributed by atoms with Crippen LogP contribution in [0.25, 0.3) is 0 Å². The van der Waals surface area contributed by atoms with Crippen LogP contribution in [0.5, 0.6) is 0 Å². The molecule has 1 aliphatic heterocycles. The highest BCUT2D eigenvalue weighted by Gasteiger charge is 2.26. The van der Waals surface area contributed by atoms with E-state index in [0.717, 1.165) is 19.0 Å². The van der Waals surface area contributed by atoms with Crippen molar-refractivity contribution in [2.45, 2.75) is 12.8 Å². The standard InChI is InChI=1S/C13H20N4/c14-13-9-12(3-4-15-13)17-7-5-16(6-8-17)10-11-1-2-11/h3-4,9,11H,1-2,5-8,10H2,(H2,14,15). The van der Waals surface area contributed by atoms with Gasteiger partial charge in [0.1, 0.15) is 5.82 Å². The maximum Gasteiger partial charge on any atom is 0.125 e. The predicted molar refractivity (Wildman–Crippen MR) is 70.0 cm³/mol. The Hall–Kier alpha value is -1.29. The molecule has 0 amide bonds. The maximum atomic E-state index is 5.72. The quantitative estimate of drug-likeness (QED) is 0.850. The van der Waals surface area contributed by atoms with Gasteiger partial charge in [0.2, 0.25) is 0 Å². The van der Waals surface area contributed by atoms with E-state index in [1.54, 1.807) is 6.20 Å². The van der Waals surface area contributed by atoms with Crippen LogP contribution in [0.4, 0.5) is 11.5 Å². The molecule has 2 heterocycles. The van der Waals surface area contributed by atoms with Crippen molar-refractivity contribution < 1.29 is 0 Å². The van der Waals surface area contributed by atoms with E-state index in [4.69, 9.17) is 5.73 Å². The summed E-state index contributed by atoms with van der Waals surface area (Å²) >= 11 is 0. The van der Waals surface area contributed by atoms with Crippen molar-refractivity contribution in [2.75, 3.05) is 43.4 Å². The number of nitrogens with two attached hydrogens (primary N) is 1. The number of piperazine rings is 1. The number of rotatable bonds is 3. The van der Waals surface area contributed by atoms with Gasteiger partial charge in [0.05, 0.1) is 0 Å². The van der Waals surface area contributed by atoms with E-state index in [1.165, 1.54) is 38.2 Å². The van der Waals surface area contributed by atoms with Crippen molar-refractivity contribution in [1.82, 2.24) is 9.88 Å². The zero-order valence-electron chi connectivity index (χ0n) is 10.2. The van der Waals surface area contributed by atoms with Crippen LogP contribution in [0.2, 0.25) is 0 Å². The van der Waals surface area contributed by atoms with Gasteiger partial charge in [-0.15, -0.1) is 0 Å². The summed E-state index contributed by atoms with van der Waals surface area (Å²) in [5, 5.41) is 0. The molecule has 2 N–H and O–H groups in total. The Balaban J connectivity index is 1.56. The molecule has 1 aliphatic carbocycles. The molecule has 17 heavy (non-hydrogen) atoms. The molecule has 0 spiro atoms. The first kappa shape index (κ1) is 10.8. The molecule has 1 aromatic heterocycles. The molecule has 1 saturated heterocycles.